The Morgan fingerprint density at radius 2 is 1.30 bits per heavy atom. The van der Waals surface area contributed by atoms with Crippen molar-refractivity contribution in [2.45, 2.75) is 60.9 Å². The molecule has 0 bridgehead atoms. The van der Waals surface area contributed by atoms with Gasteiger partial charge in [-0.15, -0.1) is 0 Å². The second kappa shape index (κ2) is 9.97. The van der Waals surface area contributed by atoms with Gasteiger partial charge in [0.1, 0.15) is 0 Å². The van der Waals surface area contributed by atoms with Gasteiger partial charge in [-0.2, -0.15) is 10.2 Å². The molecule has 133 valence electrons. The molecule has 0 amide bonds. The third kappa shape index (κ3) is 6.69. The average molecular weight is 494 g/mol. The summed E-state index contributed by atoms with van der Waals surface area (Å²) in [7, 11) is 1.25. The van der Waals surface area contributed by atoms with Crippen molar-refractivity contribution >= 4 is 28.5 Å². The average Bonchev–Trinajstić information content (AvgIpc) is 2.91. The SMILES string of the molecule is Cc1cc(C)n(CN(Cn2nc(C)cc2C)C(C)C)n1.[Br][Ni+][Br]. The molecule has 2 aromatic heterocycles. The summed E-state index contributed by atoms with van der Waals surface area (Å²) in [4.78, 5) is 2.36. The van der Waals surface area contributed by atoms with E-state index in [0.29, 0.717) is 6.04 Å². The molecular formula is C15H25Br2N5Ni+. The van der Waals surface area contributed by atoms with Gasteiger partial charge in [-0.1, -0.05) is 0 Å². The summed E-state index contributed by atoms with van der Waals surface area (Å²) in [5.41, 5.74) is 4.53. The summed E-state index contributed by atoms with van der Waals surface area (Å²) in [6.45, 7) is 14.2. The van der Waals surface area contributed by atoms with Gasteiger partial charge in [-0.25, -0.2) is 0 Å². The third-order valence-corrected chi connectivity index (χ3v) is 3.57. The second-order valence-electron chi connectivity index (χ2n) is 5.86. The quantitative estimate of drug-likeness (QED) is 0.582. The molecule has 8 heteroatoms. The molecule has 0 saturated heterocycles. The molecule has 0 aliphatic carbocycles. The van der Waals surface area contributed by atoms with E-state index in [1.807, 2.05) is 13.8 Å². The van der Waals surface area contributed by atoms with Crippen LogP contribution in [0.25, 0.3) is 0 Å². The van der Waals surface area contributed by atoms with E-state index in [1.54, 1.807) is 0 Å². The van der Waals surface area contributed by atoms with Gasteiger partial charge in [0.2, 0.25) is 0 Å². The van der Waals surface area contributed by atoms with Crippen LogP contribution in [0.3, 0.4) is 0 Å². The van der Waals surface area contributed by atoms with Gasteiger partial charge in [0.25, 0.3) is 0 Å². The number of aryl methyl sites for hydroxylation is 4. The van der Waals surface area contributed by atoms with Crippen LogP contribution >= 0.6 is 28.5 Å². The summed E-state index contributed by atoms with van der Waals surface area (Å²) < 4.78 is 4.11. The van der Waals surface area contributed by atoms with Crippen LogP contribution in [0.5, 0.6) is 0 Å². The molecule has 2 rings (SSSR count). The van der Waals surface area contributed by atoms with Gasteiger partial charge in [0, 0.05) is 17.4 Å². The van der Waals surface area contributed by atoms with Crippen molar-refractivity contribution < 1.29 is 10.9 Å². The Morgan fingerprint density at radius 3 is 1.52 bits per heavy atom. The zero-order valence-electron chi connectivity index (χ0n) is 14.5. The standard InChI is InChI=1S/C15H25N5.2BrH.Ni/c1-11(2)18(9-19-14(5)7-12(3)16-19)10-20-15(6)8-13(4)17-20;;;/h7-8,11H,9-10H2,1-6H3;2*1H;/q;;;+3/p-2. The molecule has 0 spiro atoms. The zero-order valence-corrected chi connectivity index (χ0v) is 18.6. The zero-order chi connectivity index (χ0) is 17.6. The molecule has 0 aliphatic heterocycles. The molecular weight excluding hydrogens is 469 g/mol. The van der Waals surface area contributed by atoms with Gasteiger partial charge in [-0.3, -0.25) is 14.3 Å². The van der Waals surface area contributed by atoms with Crippen molar-refractivity contribution in [1.29, 1.82) is 0 Å². The van der Waals surface area contributed by atoms with Crippen LogP contribution < -0.4 is 0 Å². The Balaban J connectivity index is 0.000000816. The minimum absolute atomic E-state index is 0.433. The van der Waals surface area contributed by atoms with Crippen molar-refractivity contribution in [2.24, 2.45) is 0 Å². The summed E-state index contributed by atoms with van der Waals surface area (Å²) in [5, 5.41) is 9.09. The number of hydrogen-bond donors (Lipinski definition) is 0. The van der Waals surface area contributed by atoms with Gasteiger partial charge >= 0.3 is 39.3 Å². The summed E-state index contributed by atoms with van der Waals surface area (Å²) in [6.07, 6.45) is 0. The molecule has 2 heterocycles. The minimum atomic E-state index is 0.433. The molecule has 0 fully saturated rings. The predicted molar refractivity (Wildman–Crippen MR) is 98.2 cm³/mol. The van der Waals surface area contributed by atoms with Crippen LogP contribution in [0.2, 0.25) is 0 Å². The van der Waals surface area contributed by atoms with Gasteiger partial charge < -0.3 is 0 Å². The molecule has 0 aliphatic rings. The van der Waals surface area contributed by atoms with Crippen LogP contribution in [-0.4, -0.2) is 30.5 Å². The van der Waals surface area contributed by atoms with Crippen LogP contribution in [0, 0.1) is 27.7 Å². The molecule has 0 atom stereocenters. The van der Waals surface area contributed by atoms with E-state index in [-0.39, 0.29) is 0 Å². The maximum atomic E-state index is 4.55. The van der Waals surface area contributed by atoms with Crippen LogP contribution in [0.4, 0.5) is 0 Å². The molecule has 0 saturated carbocycles. The molecule has 5 nitrogen and oxygen atoms in total. The number of rotatable bonds is 5. The Morgan fingerprint density at radius 1 is 0.957 bits per heavy atom. The molecule has 2 aromatic rings. The van der Waals surface area contributed by atoms with E-state index in [0.717, 1.165) is 24.7 Å². The van der Waals surface area contributed by atoms with Crippen LogP contribution in [0.1, 0.15) is 36.6 Å². The van der Waals surface area contributed by atoms with E-state index in [4.69, 9.17) is 0 Å². The molecule has 23 heavy (non-hydrogen) atoms. The molecule has 0 N–H and O–H groups in total. The van der Waals surface area contributed by atoms with E-state index in [2.05, 4.69) is 92.7 Å². The first kappa shape index (κ1) is 20.9. The number of halogens is 2. The fourth-order valence-electron chi connectivity index (χ4n) is 2.35. The molecule has 0 unspecified atom stereocenters. The molecule has 0 aromatic carbocycles. The normalized spacial score (nSPS) is 11.2. The van der Waals surface area contributed by atoms with E-state index in [9.17, 15) is 0 Å². The molecule has 0 radical (unpaired) electrons. The number of aromatic nitrogens is 4. The van der Waals surface area contributed by atoms with Crippen LogP contribution in [-0.2, 0) is 24.2 Å². The van der Waals surface area contributed by atoms with Crippen molar-refractivity contribution in [1.82, 2.24) is 24.5 Å². The van der Waals surface area contributed by atoms with E-state index < -0.39 is 0 Å². The summed E-state index contributed by atoms with van der Waals surface area (Å²) >= 11 is 6.00. The van der Waals surface area contributed by atoms with Crippen molar-refractivity contribution in [3.63, 3.8) is 0 Å². The third-order valence-electron chi connectivity index (χ3n) is 3.57. The van der Waals surface area contributed by atoms with Crippen molar-refractivity contribution in [2.75, 3.05) is 0 Å². The Bertz CT molecular complexity index is 561. The first-order valence-corrected chi connectivity index (χ1v) is 12.2. The Kier molecular flexibility index (Phi) is 9.05. The van der Waals surface area contributed by atoms with Crippen molar-refractivity contribution in [3.8, 4) is 0 Å². The van der Waals surface area contributed by atoms with Gasteiger partial charge in [0.15, 0.2) is 0 Å². The number of hydrogen-bond acceptors (Lipinski definition) is 3. The Labute approximate surface area is 159 Å². The van der Waals surface area contributed by atoms with Crippen molar-refractivity contribution in [3.05, 3.63) is 34.9 Å². The van der Waals surface area contributed by atoms with E-state index >= 15 is 0 Å². The van der Waals surface area contributed by atoms with Crippen LogP contribution in [0.15, 0.2) is 12.1 Å². The number of nitrogens with zero attached hydrogens (tertiary/aromatic N) is 5. The van der Waals surface area contributed by atoms with Gasteiger partial charge in [0.05, 0.1) is 24.7 Å². The fraction of sp³-hybridized carbons (Fsp3) is 0.600. The first-order valence-electron chi connectivity index (χ1n) is 7.37. The summed E-state index contributed by atoms with van der Waals surface area (Å²) in [6, 6.07) is 4.66. The predicted octanol–water partition coefficient (Wildman–Crippen LogP) is 4.33. The topological polar surface area (TPSA) is 38.9 Å². The second-order valence-corrected chi connectivity index (χ2v) is 10.8. The monoisotopic (exact) mass is 491 g/mol. The maximum absolute atomic E-state index is 4.55. The van der Waals surface area contributed by atoms with E-state index in [1.165, 1.54) is 22.3 Å². The summed E-state index contributed by atoms with van der Waals surface area (Å²) in [5.74, 6) is 0. The van der Waals surface area contributed by atoms with Gasteiger partial charge in [-0.05, 0) is 53.7 Å². The Hall–Kier alpha value is -0.166. The first-order chi connectivity index (χ1) is 10.8. The fourth-order valence-corrected chi connectivity index (χ4v) is 2.35.